The highest BCUT2D eigenvalue weighted by Crippen LogP contribution is 2.13. The number of carbonyl (C=O) groups is 1. The number of thioether (sulfide) groups is 1. The quantitative estimate of drug-likeness (QED) is 0.290. The first kappa shape index (κ1) is 20.0. The van der Waals surface area contributed by atoms with E-state index in [2.05, 4.69) is 0 Å². The van der Waals surface area contributed by atoms with E-state index in [0.29, 0.717) is 6.61 Å². The highest BCUT2D eigenvalue weighted by Gasteiger charge is 1.94. The van der Waals surface area contributed by atoms with Crippen LogP contribution in [0.5, 0.6) is 0 Å². The van der Waals surface area contributed by atoms with Gasteiger partial charge in [-0.2, -0.15) is 0 Å². The molecule has 1 N–H and O–H groups in total. The molecule has 0 aliphatic heterocycles. The van der Waals surface area contributed by atoms with Crippen LogP contribution in [0.2, 0.25) is 0 Å². The predicted molar refractivity (Wildman–Crippen MR) is 90.9 cm³/mol. The molecular weight excluding hydrogens is 268 g/mol. The van der Waals surface area contributed by atoms with Crippen molar-refractivity contribution in [1.82, 2.24) is 0 Å². The van der Waals surface area contributed by atoms with Gasteiger partial charge < -0.3 is 5.11 Å². The maximum absolute atomic E-state index is 10.1. The standard InChI is InChI=1S/C17H34O2S/c18-15-13-11-9-7-5-3-1-2-4-6-8-10-12-14-16-20-17-19/h17-18H,1-16H2. The van der Waals surface area contributed by atoms with Crippen molar-refractivity contribution in [2.24, 2.45) is 0 Å². The van der Waals surface area contributed by atoms with Crippen LogP contribution in [0.3, 0.4) is 0 Å². The zero-order chi connectivity index (χ0) is 14.7. The smallest absolute Gasteiger partial charge is 0.176 e. The van der Waals surface area contributed by atoms with Gasteiger partial charge in [-0.1, -0.05) is 88.8 Å². The Labute approximate surface area is 130 Å². The van der Waals surface area contributed by atoms with Crippen LogP contribution in [0.15, 0.2) is 0 Å². The molecule has 0 radical (unpaired) electrons. The summed E-state index contributed by atoms with van der Waals surface area (Å²) in [7, 11) is 0. The molecule has 0 aromatic heterocycles. The Bertz CT molecular complexity index is 186. The minimum Gasteiger partial charge on any atom is -0.396 e. The molecule has 0 aromatic carbocycles. The topological polar surface area (TPSA) is 37.3 Å². The number of hydrogen-bond donors (Lipinski definition) is 1. The van der Waals surface area contributed by atoms with E-state index in [1.165, 1.54) is 95.2 Å². The van der Waals surface area contributed by atoms with Crippen LogP contribution in [-0.2, 0) is 4.79 Å². The largest absolute Gasteiger partial charge is 0.396 e. The van der Waals surface area contributed by atoms with Gasteiger partial charge in [-0.15, -0.1) is 0 Å². The minimum atomic E-state index is 0.357. The number of unbranched alkanes of at least 4 members (excludes halogenated alkanes) is 13. The van der Waals surface area contributed by atoms with Gasteiger partial charge in [0.2, 0.25) is 0 Å². The van der Waals surface area contributed by atoms with E-state index in [4.69, 9.17) is 5.11 Å². The van der Waals surface area contributed by atoms with Crippen LogP contribution in [0.1, 0.15) is 89.9 Å². The third-order valence-electron chi connectivity index (χ3n) is 3.74. The summed E-state index contributed by atoms with van der Waals surface area (Å²) in [5.41, 5.74) is 0.951. The summed E-state index contributed by atoms with van der Waals surface area (Å²) in [6, 6.07) is 0. The van der Waals surface area contributed by atoms with Crippen LogP contribution in [0.25, 0.3) is 0 Å². The monoisotopic (exact) mass is 302 g/mol. The van der Waals surface area contributed by atoms with Crippen molar-refractivity contribution in [2.75, 3.05) is 12.4 Å². The molecule has 0 rings (SSSR count). The van der Waals surface area contributed by atoms with Gasteiger partial charge in [-0.3, -0.25) is 4.79 Å². The van der Waals surface area contributed by atoms with E-state index in [0.717, 1.165) is 17.8 Å². The van der Waals surface area contributed by atoms with Crippen LogP contribution < -0.4 is 0 Å². The second kappa shape index (κ2) is 19.0. The first-order valence-electron chi connectivity index (χ1n) is 8.58. The van der Waals surface area contributed by atoms with Crippen LogP contribution >= 0.6 is 11.8 Å². The van der Waals surface area contributed by atoms with E-state index < -0.39 is 0 Å². The molecule has 0 bridgehead atoms. The van der Waals surface area contributed by atoms with Crippen molar-refractivity contribution in [2.45, 2.75) is 89.9 Å². The van der Waals surface area contributed by atoms with Gasteiger partial charge >= 0.3 is 0 Å². The predicted octanol–water partition coefficient (Wildman–Crippen LogP) is 5.36. The molecule has 0 saturated carbocycles. The fraction of sp³-hybridized carbons (Fsp3) is 0.941. The fourth-order valence-electron chi connectivity index (χ4n) is 2.47. The van der Waals surface area contributed by atoms with Crippen molar-refractivity contribution in [3.8, 4) is 0 Å². The molecule has 0 spiro atoms. The summed E-state index contributed by atoms with van der Waals surface area (Å²) in [5.74, 6) is 1.00. The Morgan fingerprint density at radius 2 is 0.950 bits per heavy atom. The van der Waals surface area contributed by atoms with E-state index >= 15 is 0 Å². The number of hydrogen-bond acceptors (Lipinski definition) is 3. The number of aliphatic hydroxyl groups is 1. The van der Waals surface area contributed by atoms with Crippen molar-refractivity contribution in [3.05, 3.63) is 0 Å². The SMILES string of the molecule is O=CSCCCCCCCCCCCCCCCCO. The minimum absolute atomic E-state index is 0.357. The molecule has 120 valence electrons. The van der Waals surface area contributed by atoms with Gasteiger partial charge in [0.05, 0.1) is 0 Å². The summed E-state index contributed by atoms with van der Waals surface area (Å²) < 4.78 is 0. The third-order valence-corrected chi connectivity index (χ3v) is 4.40. The van der Waals surface area contributed by atoms with Gasteiger partial charge in [-0.25, -0.2) is 0 Å². The second-order valence-electron chi connectivity index (χ2n) is 5.64. The molecule has 0 atom stereocenters. The summed E-state index contributed by atoms with van der Waals surface area (Å²) in [5, 5.41) is 8.67. The molecule has 0 saturated heterocycles. The normalized spacial score (nSPS) is 10.8. The Balaban J connectivity index is 2.90. The summed E-state index contributed by atoms with van der Waals surface area (Å²) >= 11 is 1.40. The third kappa shape index (κ3) is 18.0. The van der Waals surface area contributed by atoms with Crippen molar-refractivity contribution in [1.29, 1.82) is 0 Å². The molecule has 0 heterocycles. The average Bonchev–Trinajstić information content (AvgIpc) is 2.47. The van der Waals surface area contributed by atoms with Gasteiger partial charge in [-0.05, 0) is 12.8 Å². The van der Waals surface area contributed by atoms with Crippen molar-refractivity contribution < 1.29 is 9.90 Å². The summed E-state index contributed by atoms with van der Waals surface area (Å²) in [4.78, 5) is 10.1. The first-order chi connectivity index (χ1) is 9.91. The van der Waals surface area contributed by atoms with E-state index in [-0.39, 0.29) is 0 Å². The van der Waals surface area contributed by atoms with E-state index in [9.17, 15) is 4.79 Å². The summed E-state index contributed by atoms with van der Waals surface area (Å²) in [6.45, 7) is 0.357. The lowest BCUT2D eigenvalue weighted by Crippen LogP contribution is -1.85. The first-order valence-corrected chi connectivity index (χ1v) is 9.63. The highest BCUT2D eigenvalue weighted by atomic mass is 32.2. The molecule has 20 heavy (non-hydrogen) atoms. The second-order valence-corrected chi connectivity index (χ2v) is 6.57. The van der Waals surface area contributed by atoms with Gasteiger partial charge in [0, 0.05) is 12.4 Å². The Kier molecular flexibility index (Phi) is 19.0. The zero-order valence-corrected chi connectivity index (χ0v) is 14.0. The average molecular weight is 303 g/mol. The maximum Gasteiger partial charge on any atom is 0.176 e. The van der Waals surface area contributed by atoms with Gasteiger partial charge in [0.25, 0.3) is 0 Å². The lowest BCUT2D eigenvalue weighted by atomic mass is 10.0. The molecule has 3 heteroatoms. The van der Waals surface area contributed by atoms with Crippen LogP contribution in [0, 0.1) is 0 Å². The number of aliphatic hydroxyl groups excluding tert-OH is 1. The van der Waals surface area contributed by atoms with Crippen molar-refractivity contribution in [3.63, 3.8) is 0 Å². The Morgan fingerprint density at radius 1 is 0.600 bits per heavy atom. The highest BCUT2D eigenvalue weighted by molar-refractivity contribution is 8.11. The van der Waals surface area contributed by atoms with Crippen molar-refractivity contribution >= 4 is 17.4 Å². The van der Waals surface area contributed by atoms with E-state index in [1.54, 1.807) is 0 Å². The molecule has 0 amide bonds. The number of rotatable bonds is 17. The Morgan fingerprint density at radius 3 is 1.30 bits per heavy atom. The maximum atomic E-state index is 10.1. The Hall–Kier alpha value is -0.0200. The van der Waals surface area contributed by atoms with Crippen LogP contribution in [0.4, 0.5) is 0 Å². The van der Waals surface area contributed by atoms with E-state index in [1.807, 2.05) is 0 Å². The summed E-state index contributed by atoms with van der Waals surface area (Å²) in [6.07, 6.45) is 18.4. The lowest BCUT2D eigenvalue weighted by Gasteiger charge is -2.03. The molecular formula is C17H34O2S. The molecule has 0 fully saturated rings. The van der Waals surface area contributed by atoms with Gasteiger partial charge in [0.1, 0.15) is 0 Å². The molecule has 0 unspecified atom stereocenters. The molecule has 2 nitrogen and oxygen atoms in total. The molecule has 0 aromatic rings. The fourth-order valence-corrected chi connectivity index (χ4v) is 2.93. The van der Waals surface area contributed by atoms with Gasteiger partial charge in [0.15, 0.2) is 5.62 Å². The lowest BCUT2D eigenvalue weighted by molar-refractivity contribution is 0.282. The molecule has 0 aliphatic carbocycles. The molecule has 0 aliphatic rings. The number of carbonyl (C=O) groups excluding carboxylic acids is 1. The van der Waals surface area contributed by atoms with Crippen LogP contribution in [-0.4, -0.2) is 23.1 Å². The zero-order valence-electron chi connectivity index (χ0n) is 13.2.